The summed E-state index contributed by atoms with van der Waals surface area (Å²) in [5.74, 6) is -1.83. The van der Waals surface area contributed by atoms with Gasteiger partial charge >= 0.3 is 0 Å². The fourth-order valence-corrected chi connectivity index (χ4v) is 6.36. The van der Waals surface area contributed by atoms with Crippen molar-refractivity contribution >= 4 is 21.7 Å². The Kier molecular flexibility index (Phi) is 6.27. The van der Waals surface area contributed by atoms with E-state index in [4.69, 9.17) is 5.26 Å². The van der Waals surface area contributed by atoms with Crippen LogP contribution in [0.5, 0.6) is 0 Å². The Morgan fingerprint density at radius 3 is 2.51 bits per heavy atom. The highest BCUT2D eigenvalue weighted by Gasteiger charge is 2.56. The average molecular weight is 501 g/mol. The standard InChI is InChI=1S/C24H25FN4O5S/c1-15(2)35(33,34)24(7-8-24)14-28-9-10-29-20(23(28)32)6-5-18(22(29)31)21(30)27-13-16-3-4-17(12-26)19(25)11-16/h3-6,11,15H,7-10,13-14H2,1-2H3,(H,27,30). The number of nitrogens with one attached hydrogen (secondary N) is 1. The number of hydrogen-bond donors (Lipinski definition) is 1. The van der Waals surface area contributed by atoms with Crippen molar-refractivity contribution in [3.05, 3.63) is 68.9 Å². The van der Waals surface area contributed by atoms with Crippen LogP contribution in [-0.4, -0.2) is 52.8 Å². The first-order valence-corrected chi connectivity index (χ1v) is 12.8. The highest BCUT2D eigenvalue weighted by molar-refractivity contribution is 7.93. The largest absolute Gasteiger partial charge is 0.348 e. The van der Waals surface area contributed by atoms with Crippen LogP contribution in [0.1, 0.15) is 58.7 Å². The number of fused-ring (bicyclic) bond motifs is 1. The maximum Gasteiger partial charge on any atom is 0.270 e. The van der Waals surface area contributed by atoms with Gasteiger partial charge in [-0.3, -0.25) is 14.4 Å². The quantitative estimate of drug-likeness (QED) is 0.615. The molecule has 11 heteroatoms. The third-order valence-electron chi connectivity index (χ3n) is 6.64. The molecular weight excluding hydrogens is 475 g/mol. The molecule has 184 valence electrons. The van der Waals surface area contributed by atoms with E-state index in [1.54, 1.807) is 19.9 Å². The van der Waals surface area contributed by atoms with E-state index < -0.39 is 43.0 Å². The van der Waals surface area contributed by atoms with Crippen LogP contribution < -0.4 is 10.9 Å². The van der Waals surface area contributed by atoms with Crippen molar-refractivity contribution in [2.45, 2.75) is 49.8 Å². The summed E-state index contributed by atoms with van der Waals surface area (Å²) in [6, 6.07) is 8.32. The molecule has 35 heavy (non-hydrogen) atoms. The predicted octanol–water partition coefficient (Wildman–Crippen LogP) is 1.60. The Hall–Kier alpha value is -3.52. The van der Waals surface area contributed by atoms with E-state index >= 15 is 0 Å². The van der Waals surface area contributed by atoms with Gasteiger partial charge in [0.1, 0.15) is 23.1 Å². The molecule has 1 aliphatic carbocycles. The molecule has 0 atom stereocenters. The van der Waals surface area contributed by atoms with E-state index in [1.165, 1.54) is 33.7 Å². The molecule has 1 fully saturated rings. The molecule has 9 nitrogen and oxygen atoms in total. The van der Waals surface area contributed by atoms with Crippen LogP contribution in [0.15, 0.2) is 35.1 Å². The third kappa shape index (κ3) is 4.34. The monoisotopic (exact) mass is 500 g/mol. The molecule has 0 spiro atoms. The number of benzene rings is 1. The first kappa shape index (κ1) is 24.6. The number of nitriles is 1. The van der Waals surface area contributed by atoms with Crippen LogP contribution in [0.25, 0.3) is 0 Å². The second kappa shape index (κ2) is 8.92. The molecule has 0 saturated heterocycles. The maximum absolute atomic E-state index is 13.8. The van der Waals surface area contributed by atoms with Gasteiger partial charge in [-0.1, -0.05) is 6.07 Å². The Morgan fingerprint density at radius 2 is 1.91 bits per heavy atom. The van der Waals surface area contributed by atoms with Crippen LogP contribution in [0, 0.1) is 17.1 Å². The van der Waals surface area contributed by atoms with Crippen LogP contribution in [0.2, 0.25) is 0 Å². The number of halogens is 1. The summed E-state index contributed by atoms with van der Waals surface area (Å²) in [7, 11) is -3.38. The number of nitrogens with zero attached hydrogens (tertiary/aromatic N) is 3. The van der Waals surface area contributed by atoms with E-state index in [0.29, 0.717) is 18.4 Å². The molecule has 2 aromatic rings. The van der Waals surface area contributed by atoms with Gasteiger partial charge in [-0.25, -0.2) is 12.8 Å². The molecule has 1 saturated carbocycles. The molecule has 0 unspecified atom stereocenters. The number of carbonyl (C=O) groups excluding carboxylic acids is 2. The minimum Gasteiger partial charge on any atom is -0.348 e. The molecule has 2 aliphatic rings. The molecular formula is C24H25FN4O5S. The Bertz CT molecular complexity index is 1420. The Morgan fingerprint density at radius 1 is 1.20 bits per heavy atom. The van der Waals surface area contributed by atoms with Gasteiger partial charge in [0.25, 0.3) is 17.4 Å². The predicted molar refractivity (Wildman–Crippen MR) is 125 cm³/mol. The molecule has 0 bridgehead atoms. The van der Waals surface area contributed by atoms with Gasteiger partial charge in [-0.15, -0.1) is 0 Å². The number of sulfone groups is 1. The maximum atomic E-state index is 13.8. The van der Waals surface area contributed by atoms with Gasteiger partial charge in [-0.2, -0.15) is 5.26 Å². The molecule has 1 aromatic carbocycles. The van der Waals surface area contributed by atoms with E-state index in [1.807, 2.05) is 0 Å². The second-order valence-electron chi connectivity index (χ2n) is 9.20. The number of carbonyl (C=O) groups is 2. The van der Waals surface area contributed by atoms with E-state index in [-0.39, 0.29) is 43.0 Å². The second-order valence-corrected chi connectivity index (χ2v) is 12.1. The minimum atomic E-state index is -3.38. The molecule has 4 rings (SSSR count). The summed E-state index contributed by atoms with van der Waals surface area (Å²) in [5.41, 5.74) is -0.380. The smallest absolute Gasteiger partial charge is 0.270 e. The van der Waals surface area contributed by atoms with Crippen molar-refractivity contribution in [1.82, 2.24) is 14.8 Å². The summed E-state index contributed by atoms with van der Waals surface area (Å²) in [6.45, 7) is 3.60. The number of aromatic nitrogens is 1. The average Bonchev–Trinajstić information content (AvgIpc) is 3.61. The van der Waals surface area contributed by atoms with Gasteiger partial charge < -0.3 is 14.8 Å². The first-order chi connectivity index (χ1) is 16.5. The van der Waals surface area contributed by atoms with Crippen molar-refractivity contribution in [2.24, 2.45) is 0 Å². The van der Waals surface area contributed by atoms with Crippen LogP contribution in [-0.2, 0) is 22.9 Å². The van der Waals surface area contributed by atoms with E-state index in [0.717, 1.165) is 6.07 Å². The Balaban J connectivity index is 1.49. The topological polar surface area (TPSA) is 129 Å². The third-order valence-corrected chi connectivity index (χ3v) is 9.62. The molecule has 0 radical (unpaired) electrons. The fraction of sp³-hybridized carbons (Fsp3) is 0.417. The lowest BCUT2D eigenvalue weighted by atomic mass is 10.1. The van der Waals surface area contributed by atoms with Gasteiger partial charge in [0.05, 0.1) is 15.6 Å². The van der Waals surface area contributed by atoms with Gasteiger partial charge in [-0.05, 0) is 56.5 Å². The van der Waals surface area contributed by atoms with Crippen LogP contribution >= 0.6 is 0 Å². The first-order valence-electron chi connectivity index (χ1n) is 11.2. The summed E-state index contributed by atoms with van der Waals surface area (Å²) < 4.78 is 39.6. The van der Waals surface area contributed by atoms with Gasteiger partial charge in [0.15, 0.2) is 9.84 Å². The molecule has 1 N–H and O–H groups in total. The fourth-order valence-electron chi connectivity index (χ4n) is 4.35. The summed E-state index contributed by atoms with van der Waals surface area (Å²) >= 11 is 0. The zero-order valence-electron chi connectivity index (χ0n) is 19.4. The lowest BCUT2D eigenvalue weighted by Gasteiger charge is -2.33. The van der Waals surface area contributed by atoms with Crippen molar-refractivity contribution in [1.29, 1.82) is 5.26 Å². The van der Waals surface area contributed by atoms with E-state index in [9.17, 15) is 27.2 Å². The summed E-state index contributed by atoms with van der Waals surface area (Å²) in [5, 5.41) is 10.8. The lowest BCUT2D eigenvalue weighted by molar-refractivity contribution is 0.0694. The van der Waals surface area contributed by atoms with Crippen LogP contribution in [0.4, 0.5) is 4.39 Å². The van der Waals surface area contributed by atoms with Gasteiger partial charge in [0.2, 0.25) is 0 Å². The number of amides is 2. The molecule has 2 heterocycles. The minimum absolute atomic E-state index is 0.0538. The van der Waals surface area contributed by atoms with Crippen molar-refractivity contribution in [2.75, 3.05) is 13.1 Å². The zero-order chi connectivity index (χ0) is 25.5. The Labute approximate surface area is 202 Å². The normalized spacial score (nSPS) is 16.5. The molecule has 1 aliphatic heterocycles. The lowest BCUT2D eigenvalue weighted by Crippen LogP contribution is -2.50. The van der Waals surface area contributed by atoms with Crippen molar-refractivity contribution in [3.63, 3.8) is 0 Å². The summed E-state index contributed by atoms with van der Waals surface area (Å²) in [4.78, 5) is 40.1. The van der Waals surface area contributed by atoms with Gasteiger partial charge in [0, 0.05) is 26.2 Å². The highest BCUT2D eigenvalue weighted by Crippen LogP contribution is 2.46. The van der Waals surface area contributed by atoms with E-state index in [2.05, 4.69) is 5.32 Å². The van der Waals surface area contributed by atoms with Crippen LogP contribution in [0.3, 0.4) is 0 Å². The van der Waals surface area contributed by atoms with Crippen molar-refractivity contribution < 1.29 is 22.4 Å². The number of hydrogen-bond acceptors (Lipinski definition) is 6. The highest BCUT2D eigenvalue weighted by atomic mass is 32.2. The zero-order valence-corrected chi connectivity index (χ0v) is 20.2. The van der Waals surface area contributed by atoms with Crippen molar-refractivity contribution in [3.8, 4) is 6.07 Å². The summed E-state index contributed by atoms with van der Waals surface area (Å²) in [6.07, 6.45) is 1.01. The molecule has 1 aromatic heterocycles. The molecule has 2 amide bonds. The SMILES string of the molecule is CC(C)S(=O)(=O)C1(CN2CCn3c(ccc(C(=O)NCc4ccc(C#N)c(F)c4)c3=O)C2=O)CC1. The number of rotatable bonds is 7. The number of pyridine rings is 1.